The van der Waals surface area contributed by atoms with E-state index in [0.29, 0.717) is 0 Å². The predicted octanol–water partition coefficient (Wildman–Crippen LogP) is 1.33. The molecule has 104 valence electrons. The summed E-state index contributed by atoms with van der Waals surface area (Å²) in [7, 11) is 2.00. The minimum Gasteiger partial charge on any atom is -0.367 e. The van der Waals surface area contributed by atoms with Crippen LogP contribution in [-0.4, -0.2) is 49.7 Å². The molecular weight excluding hydrogens is 236 g/mol. The normalized spacial score (nSPS) is 20.8. The first-order chi connectivity index (χ1) is 9.36. The molecular formula is C15H24N4. The van der Waals surface area contributed by atoms with Crippen LogP contribution in [0.4, 0.5) is 5.69 Å². The van der Waals surface area contributed by atoms with Gasteiger partial charge in [-0.3, -0.25) is 9.88 Å². The van der Waals surface area contributed by atoms with E-state index in [0.717, 1.165) is 25.6 Å². The summed E-state index contributed by atoms with van der Waals surface area (Å²) in [5.41, 5.74) is 2.66. The van der Waals surface area contributed by atoms with Crippen molar-refractivity contribution in [1.82, 2.24) is 15.2 Å². The summed E-state index contributed by atoms with van der Waals surface area (Å²) in [5.74, 6) is 1.00. The Morgan fingerprint density at radius 1 is 1.26 bits per heavy atom. The number of nitrogens with zero attached hydrogens (tertiary/aromatic N) is 3. The number of aromatic nitrogens is 1. The maximum absolute atomic E-state index is 4.30. The largest absolute Gasteiger partial charge is 0.367 e. The van der Waals surface area contributed by atoms with Crippen molar-refractivity contribution in [2.75, 3.05) is 44.7 Å². The number of hydrogen-bond donors (Lipinski definition) is 1. The summed E-state index contributed by atoms with van der Waals surface area (Å²) in [5, 5.41) is 3.24. The number of rotatable bonds is 5. The molecule has 2 heterocycles. The van der Waals surface area contributed by atoms with Crippen LogP contribution in [0.25, 0.3) is 0 Å². The lowest BCUT2D eigenvalue weighted by atomic mass is 10.2. The zero-order valence-electron chi connectivity index (χ0n) is 11.8. The van der Waals surface area contributed by atoms with E-state index >= 15 is 0 Å². The second-order valence-corrected chi connectivity index (χ2v) is 5.77. The summed E-state index contributed by atoms with van der Waals surface area (Å²) in [6.07, 6.45) is 6.81. The van der Waals surface area contributed by atoms with Gasteiger partial charge in [0.15, 0.2) is 0 Å². The zero-order valence-corrected chi connectivity index (χ0v) is 11.8. The molecule has 0 unspecified atom stereocenters. The topological polar surface area (TPSA) is 31.4 Å². The highest BCUT2D eigenvalue weighted by molar-refractivity contribution is 5.52. The van der Waals surface area contributed by atoms with Crippen LogP contribution in [-0.2, 0) is 6.54 Å². The molecule has 0 atom stereocenters. The molecule has 19 heavy (non-hydrogen) atoms. The van der Waals surface area contributed by atoms with Crippen molar-refractivity contribution in [1.29, 1.82) is 0 Å². The molecule has 3 rings (SSSR count). The fraction of sp³-hybridized carbons (Fsp3) is 0.667. The van der Waals surface area contributed by atoms with Crippen molar-refractivity contribution in [3.8, 4) is 0 Å². The van der Waals surface area contributed by atoms with E-state index in [1.165, 1.54) is 43.7 Å². The Labute approximate surface area is 115 Å². The first-order valence-corrected chi connectivity index (χ1v) is 7.41. The van der Waals surface area contributed by atoms with Gasteiger partial charge in [-0.1, -0.05) is 0 Å². The van der Waals surface area contributed by atoms with Gasteiger partial charge in [-0.2, -0.15) is 0 Å². The highest BCUT2D eigenvalue weighted by atomic mass is 15.3. The Morgan fingerprint density at radius 3 is 2.74 bits per heavy atom. The fourth-order valence-corrected chi connectivity index (χ4v) is 2.88. The zero-order chi connectivity index (χ0) is 13.1. The maximum Gasteiger partial charge on any atom is 0.0599 e. The summed E-state index contributed by atoms with van der Waals surface area (Å²) in [6, 6.07) is 2.13. The van der Waals surface area contributed by atoms with Gasteiger partial charge < -0.3 is 10.2 Å². The number of hydrogen-bond acceptors (Lipinski definition) is 4. The van der Waals surface area contributed by atoms with Gasteiger partial charge in [-0.15, -0.1) is 0 Å². The fourth-order valence-electron chi connectivity index (χ4n) is 2.88. The molecule has 1 N–H and O–H groups in total. The van der Waals surface area contributed by atoms with E-state index in [4.69, 9.17) is 0 Å². The molecule has 1 saturated heterocycles. The maximum atomic E-state index is 4.30. The van der Waals surface area contributed by atoms with Crippen LogP contribution in [0.15, 0.2) is 18.5 Å². The third kappa shape index (κ3) is 3.25. The molecule has 0 amide bonds. The van der Waals surface area contributed by atoms with Crippen LogP contribution in [0.3, 0.4) is 0 Å². The molecule has 1 aromatic rings. The molecule has 0 aromatic carbocycles. The number of piperazine rings is 1. The third-order valence-corrected chi connectivity index (χ3v) is 4.18. The van der Waals surface area contributed by atoms with Gasteiger partial charge in [-0.05, 0) is 37.4 Å². The van der Waals surface area contributed by atoms with Gasteiger partial charge in [0, 0.05) is 45.5 Å². The van der Waals surface area contributed by atoms with Crippen molar-refractivity contribution < 1.29 is 0 Å². The van der Waals surface area contributed by atoms with Crippen molar-refractivity contribution in [2.24, 2.45) is 5.92 Å². The molecule has 1 aliphatic heterocycles. The van der Waals surface area contributed by atoms with Gasteiger partial charge in [0.25, 0.3) is 0 Å². The van der Waals surface area contributed by atoms with E-state index in [2.05, 4.69) is 26.2 Å². The van der Waals surface area contributed by atoms with Crippen molar-refractivity contribution >= 4 is 5.69 Å². The Balaban J connectivity index is 1.60. The highest BCUT2D eigenvalue weighted by Gasteiger charge is 2.26. The molecule has 0 bridgehead atoms. The van der Waals surface area contributed by atoms with Crippen molar-refractivity contribution in [2.45, 2.75) is 19.4 Å². The van der Waals surface area contributed by atoms with E-state index in [-0.39, 0.29) is 0 Å². The summed E-state index contributed by atoms with van der Waals surface area (Å²) in [6.45, 7) is 6.91. The van der Waals surface area contributed by atoms with Crippen molar-refractivity contribution in [3.63, 3.8) is 0 Å². The molecule has 1 aliphatic carbocycles. The number of nitrogens with one attached hydrogen (secondary N) is 1. The lowest BCUT2D eigenvalue weighted by molar-refractivity contribution is 0.248. The molecule has 2 fully saturated rings. The van der Waals surface area contributed by atoms with Crippen LogP contribution in [0.2, 0.25) is 0 Å². The predicted molar refractivity (Wildman–Crippen MR) is 78.4 cm³/mol. The second kappa shape index (κ2) is 5.88. The molecule has 4 nitrogen and oxygen atoms in total. The van der Waals surface area contributed by atoms with Gasteiger partial charge in [0.1, 0.15) is 0 Å². The first-order valence-electron chi connectivity index (χ1n) is 7.41. The second-order valence-electron chi connectivity index (χ2n) is 5.77. The molecule has 0 spiro atoms. The quantitative estimate of drug-likeness (QED) is 0.865. The average Bonchev–Trinajstić information content (AvgIpc) is 3.25. The van der Waals surface area contributed by atoms with Crippen LogP contribution in [0, 0.1) is 5.92 Å². The summed E-state index contributed by atoms with van der Waals surface area (Å²) < 4.78 is 0. The minimum absolute atomic E-state index is 0.917. The van der Waals surface area contributed by atoms with E-state index in [1.54, 1.807) is 0 Å². The van der Waals surface area contributed by atoms with Crippen LogP contribution in [0.1, 0.15) is 18.4 Å². The Hall–Kier alpha value is -1.13. The first kappa shape index (κ1) is 12.9. The number of anilines is 1. The van der Waals surface area contributed by atoms with Gasteiger partial charge >= 0.3 is 0 Å². The van der Waals surface area contributed by atoms with Crippen molar-refractivity contribution in [3.05, 3.63) is 24.0 Å². The van der Waals surface area contributed by atoms with Gasteiger partial charge in [0.05, 0.1) is 11.9 Å². The lowest BCUT2D eigenvalue weighted by Gasteiger charge is -2.36. The number of pyridine rings is 1. The standard InChI is InChI=1S/C15H24N4/c1-16-10-14-4-5-17-11-15(14)19-8-6-18(7-9-19)12-13-2-3-13/h4-5,11,13,16H,2-3,6-10,12H2,1H3. The highest BCUT2D eigenvalue weighted by Crippen LogP contribution is 2.30. The molecule has 0 radical (unpaired) electrons. The SMILES string of the molecule is CNCc1ccncc1N1CCN(CC2CC2)CC1. The molecule has 2 aliphatic rings. The molecule has 4 heteroatoms. The van der Waals surface area contributed by atoms with E-state index < -0.39 is 0 Å². The van der Waals surface area contributed by atoms with E-state index in [9.17, 15) is 0 Å². The van der Waals surface area contributed by atoms with Crippen LogP contribution >= 0.6 is 0 Å². The third-order valence-electron chi connectivity index (χ3n) is 4.18. The average molecular weight is 260 g/mol. The molecule has 1 aromatic heterocycles. The monoisotopic (exact) mass is 260 g/mol. The lowest BCUT2D eigenvalue weighted by Crippen LogP contribution is -2.47. The van der Waals surface area contributed by atoms with Gasteiger partial charge in [0.2, 0.25) is 0 Å². The van der Waals surface area contributed by atoms with E-state index in [1.807, 2.05) is 19.4 Å². The molecule has 1 saturated carbocycles. The smallest absolute Gasteiger partial charge is 0.0599 e. The minimum atomic E-state index is 0.917. The Kier molecular flexibility index (Phi) is 3.99. The van der Waals surface area contributed by atoms with Crippen LogP contribution in [0.5, 0.6) is 0 Å². The van der Waals surface area contributed by atoms with Crippen LogP contribution < -0.4 is 10.2 Å². The Morgan fingerprint density at radius 2 is 2.05 bits per heavy atom. The summed E-state index contributed by atoms with van der Waals surface area (Å²) in [4.78, 5) is 9.41. The summed E-state index contributed by atoms with van der Waals surface area (Å²) >= 11 is 0. The van der Waals surface area contributed by atoms with Gasteiger partial charge in [-0.25, -0.2) is 0 Å². The Bertz CT molecular complexity index is 408.